The summed E-state index contributed by atoms with van der Waals surface area (Å²) in [7, 11) is -0.601. The van der Waals surface area contributed by atoms with Gasteiger partial charge >= 0.3 is 10.2 Å². The number of anilines is 3. The van der Waals surface area contributed by atoms with Crippen LogP contribution in [0.25, 0.3) is 0 Å². The maximum atomic E-state index is 12.7. The molecule has 1 amide bonds. The molecule has 2 atom stereocenters. The van der Waals surface area contributed by atoms with Gasteiger partial charge in [0.25, 0.3) is 5.91 Å². The lowest BCUT2D eigenvalue weighted by Gasteiger charge is -2.31. The van der Waals surface area contributed by atoms with E-state index in [1.165, 1.54) is 22.7 Å². The molecule has 2 aromatic rings. The first kappa shape index (κ1) is 17.5. The van der Waals surface area contributed by atoms with Crippen LogP contribution in [-0.4, -0.2) is 40.6 Å². The summed E-state index contributed by atoms with van der Waals surface area (Å²) in [4.78, 5) is 12.7. The van der Waals surface area contributed by atoms with E-state index in [4.69, 9.17) is 9.47 Å². The van der Waals surface area contributed by atoms with Crippen molar-refractivity contribution >= 4 is 33.2 Å². The number of ether oxygens (including phenoxy) is 2. The average Bonchev–Trinajstić information content (AvgIpc) is 2.81. The van der Waals surface area contributed by atoms with Gasteiger partial charge in [-0.2, -0.15) is 8.42 Å². The molecule has 8 nitrogen and oxygen atoms in total. The third-order valence-corrected chi connectivity index (χ3v) is 6.49. The highest BCUT2D eigenvalue weighted by Gasteiger charge is 2.37. The zero-order chi connectivity index (χ0) is 19.3. The molecule has 2 heterocycles. The number of benzene rings is 2. The Bertz CT molecular complexity index is 1020. The fourth-order valence-electron chi connectivity index (χ4n) is 3.17. The van der Waals surface area contributed by atoms with Crippen LogP contribution in [0.3, 0.4) is 0 Å². The Morgan fingerprint density at radius 2 is 1.63 bits per heavy atom. The van der Waals surface area contributed by atoms with Crippen molar-refractivity contribution < 1.29 is 22.7 Å². The molecule has 2 aliphatic rings. The average molecular weight is 389 g/mol. The molecule has 0 fully saturated rings. The molecule has 0 spiro atoms. The molecule has 0 bridgehead atoms. The van der Waals surface area contributed by atoms with Crippen molar-refractivity contribution in [2.24, 2.45) is 0 Å². The first-order valence-corrected chi connectivity index (χ1v) is 9.79. The normalized spacial score (nSPS) is 22.3. The summed E-state index contributed by atoms with van der Waals surface area (Å²) < 4.78 is 38.4. The van der Waals surface area contributed by atoms with Crippen molar-refractivity contribution in [2.45, 2.75) is 19.1 Å². The Kier molecular flexibility index (Phi) is 3.92. The molecule has 4 rings (SSSR count). The standard InChI is InChI=1S/C18H19N3O5S/c1-11-17(26-16-7-5-4-6-15(16)25-11)18(22)19-12-8-9-13-14(10-12)21(3)27(23,24)20(13)2/h4-11,17H,1-3H3,(H,19,22)/t11-,17+/m1/s1. The summed E-state index contributed by atoms with van der Waals surface area (Å²) in [5.41, 5.74) is 1.52. The highest BCUT2D eigenvalue weighted by Crippen LogP contribution is 2.40. The number of hydrogen-bond acceptors (Lipinski definition) is 5. The summed E-state index contributed by atoms with van der Waals surface area (Å²) >= 11 is 0. The molecular formula is C18H19N3O5S. The van der Waals surface area contributed by atoms with Gasteiger partial charge < -0.3 is 14.8 Å². The van der Waals surface area contributed by atoms with Crippen molar-refractivity contribution in [2.75, 3.05) is 28.0 Å². The largest absolute Gasteiger partial charge is 0.482 e. The third-order valence-electron chi connectivity index (χ3n) is 4.71. The number of hydrogen-bond donors (Lipinski definition) is 1. The number of amides is 1. The lowest BCUT2D eigenvalue weighted by atomic mass is 10.1. The van der Waals surface area contributed by atoms with Crippen LogP contribution >= 0.6 is 0 Å². The predicted octanol–water partition coefficient (Wildman–Crippen LogP) is 1.98. The molecule has 0 aromatic heterocycles. The van der Waals surface area contributed by atoms with Crippen LogP contribution in [0, 0.1) is 0 Å². The molecule has 9 heteroatoms. The molecule has 0 saturated heterocycles. The number of rotatable bonds is 2. The van der Waals surface area contributed by atoms with E-state index in [0.717, 1.165) is 0 Å². The molecule has 142 valence electrons. The highest BCUT2D eigenvalue weighted by atomic mass is 32.2. The van der Waals surface area contributed by atoms with Crippen molar-refractivity contribution in [3.8, 4) is 11.5 Å². The Hall–Kier alpha value is -2.94. The van der Waals surface area contributed by atoms with Gasteiger partial charge in [0.2, 0.25) is 6.10 Å². The molecule has 0 unspecified atom stereocenters. The topological polar surface area (TPSA) is 88.2 Å². The molecule has 1 N–H and O–H groups in total. The number of carbonyl (C=O) groups excluding carboxylic acids is 1. The molecule has 0 saturated carbocycles. The van der Waals surface area contributed by atoms with Gasteiger partial charge in [-0.05, 0) is 37.3 Å². The lowest BCUT2D eigenvalue weighted by Crippen LogP contribution is -2.46. The van der Waals surface area contributed by atoms with E-state index in [0.29, 0.717) is 28.6 Å². The van der Waals surface area contributed by atoms with Crippen LogP contribution in [0.2, 0.25) is 0 Å². The first-order valence-electron chi connectivity index (χ1n) is 8.39. The van der Waals surface area contributed by atoms with Crippen molar-refractivity contribution in [3.63, 3.8) is 0 Å². The summed E-state index contributed by atoms with van der Waals surface area (Å²) in [5.74, 6) is 0.743. The predicted molar refractivity (Wildman–Crippen MR) is 102 cm³/mol. The lowest BCUT2D eigenvalue weighted by molar-refractivity contribution is -0.128. The van der Waals surface area contributed by atoms with E-state index in [1.54, 1.807) is 43.3 Å². The fraction of sp³-hybridized carbons (Fsp3) is 0.278. The number of nitrogens with zero attached hydrogens (tertiary/aromatic N) is 2. The second-order valence-corrected chi connectivity index (χ2v) is 8.43. The van der Waals surface area contributed by atoms with Gasteiger partial charge in [-0.25, -0.2) is 0 Å². The van der Waals surface area contributed by atoms with Crippen LogP contribution in [-0.2, 0) is 15.0 Å². The molecular weight excluding hydrogens is 370 g/mol. The van der Waals surface area contributed by atoms with Crippen LogP contribution in [0.4, 0.5) is 17.1 Å². The zero-order valence-electron chi connectivity index (χ0n) is 15.0. The fourth-order valence-corrected chi connectivity index (χ4v) is 4.34. The van der Waals surface area contributed by atoms with Crippen molar-refractivity contribution in [3.05, 3.63) is 42.5 Å². The van der Waals surface area contributed by atoms with Gasteiger partial charge in [0.1, 0.15) is 6.10 Å². The van der Waals surface area contributed by atoms with Crippen LogP contribution in [0.1, 0.15) is 6.92 Å². The van der Waals surface area contributed by atoms with Crippen LogP contribution < -0.4 is 23.4 Å². The van der Waals surface area contributed by atoms with Crippen LogP contribution in [0.15, 0.2) is 42.5 Å². The van der Waals surface area contributed by atoms with Gasteiger partial charge in [0, 0.05) is 19.8 Å². The van der Waals surface area contributed by atoms with E-state index in [-0.39, 0.29) is 5.91 Å². The number of nitrogens with one attached hydrogen (secondary N) is 1. The number of para-hydroxylation sites is 2. The van der Waals surface area contributed by atoms with Crippen LogP contribution in [0.5, 0.6) is 11.5 Å². The van der Waals surface area contributed by atoms with E-state index in [2.05, 4.69) is 5.32 Å². The first-order chi connectivity index (χ1) is 12.8. The smallest absolute Gasteiger partial charge is 0.326 e. The minimum absolute atomic E-state index is 0.367. The van der Waals surface area contributed by atoms with Gasteiger partial charge in [-0.3, -0.25) is 13.4 Å². The van der Waals surface area contributed by atoms with Gasteiger partial charge in [-0.15, -0.1) is 0 Å². The minimum Gasteiger partial charge on any atom is -0.482 e. The summed E-state index contributed by atoms with van der Waals surface area (Å²) in [6, 6.07) is 12.1. The SMILES string of the molecule is C[C@H]1Oc2ccccc2O[C@@H]1C(=O)Nc1ccc2c(c1)N(C)S(=O)(=O)N2C. The van der Waals surface area contributed by atoms with E-state index < -0.39 is 22.4 Å². The maximum Gasteiger partial charge on any atom is 0.326 e. The number of carbonyl (C=O) groups is 1. The summed E-state index contributed by atoms with van der Waals surface area (Å²) in [6.07, 6.45) is -1.29. The van der Waals surface area contributed by atoms with Crippen molar-refractivity contribution in [1.82, 2.24) is 0 Å². The molecule has 2 aromatic carbocycles. The second kappa shape index (κ2) is 6.05. The molecule has 2 aliphatic heterocycles. The highest BCUT2D eigenvalue weighted by molar-refractivity contribution is 7.94. The molecule has 0 radical (unpaired) electrons. The van der Waals surface area contributed by atoms with Gasteiger partial charge in [-0.1, -0.05) is 12.1 Å². The van der Waals surface area contributed by atoms with Gasteiger partial charge in [0.15, 0.2) is 11.5 Å². The third kappa shape index (κ3) is 2.74. The number of fused-ring (bicyclic) bond motifs is 2. The Morgan fingerprint density at radius 1 is 1.00 bits per heavy atom. The molecule has 0 aliphatic carbocycles. The maximum absolute atomic E-state index is 12.7. The summed E-state index contributed by atoms with van der Waals surface area (Å²) in [5, 5.41) is 2.78. The van der Waals surface area contributed by atoms with E-state index >= 15 is 0 Å². The summed E-state index contributed by atoms with van der Waals surface area (Å²) in [6.45, 7) is 1.76. The van der Waals surface area contributed by atoms with Crippen molar-refractivity contribution in [1.29, 1.82) is 0 Å². The Labute approximate surface area is 157 Å². The Morgan fingerprint density at radius 3 is 2.33 bits per heavy atom. The monoisotopic (exact) mass is 389 g/mol. The Balaban J connectivity index is 1.56. The molecule has 27 heavy (non-hydrogen) atoms. The quantitative estimate of drug-likeness (QED) is 0.849. The minimum atomic E-state index is -3.56. The van der Waals surface area contributed by atoms with E-state index in [1.807, 2.05) is 6.07 Å². The van der Waals surface area contributed by atoms with E-state index in [9.17, 15) is 13.2 Å². The van der Waals surface area contributed by atoms with Gasteiger partial charge in [0.05, 0.1) is 11.4 Å². The zero-order valence-corrected chi connectivity index (χ0v) is 15.9. The second-order valence-electron chi connectivity index (χ2n) is 6.44.